The van der Waals surface area contributed by atoms with Gasteiger partial charge in [-0.1, -0.05) is 39.7 Å². The molecule has 0 heterocycles. The standard InChI is InChI=1S/C15H17BrO4/c1-4-20-14(19)15(13(17)18,9-10(2)3)11-7-5-6-8-12(11)16/h5-8H,2,4,9H2,1,3H3,(H,17,18). The van der Waals surface area contributed by atoms with E-state index in [1.165, 1.54) is 0 Å². The molecule has 5 heteroatoms. The molecule has 108 valence electrons. The lowest BCUT2D eigenvalue weighted by molar-refractivity contribution is -0.161. The van der Waals surface area contributed by atoms with Gasteiger partial charge in [-0.3, -0.25) is 9.59 Å². The Morgan fingerprint density at radius 1 is 1.40 bits per heavy atom. The Morgan fingerprint density at radius 2 is 2.00 bits per heavy atom. The smallest absolute Gasteiger partial charge is 0.328 e. The Bertz CT molecular complexity index is 538. The monoisotopic (exact) mass is 340 g/mol. The number of hydrogen-bond donors (Lipinski definition) is 1. The van der Waals surface area contributed by atoms with Gasteiger partial charge >= 0.3 is 11.9 Å². The highest BCUT2D eigenvalue weighted by molar-refractivity contribution is 9.10. The second kappa shape index (κ2) is 6.70. The summed E-state index contributed by atoms with van der Waals surface area (Å²) in [4.78, 5) is 24.2. The normalized spacial score (nSPS) is 13.3. The lowest BCUT2D eigenvalue weighted by atomic mass is 9.75. The summed E-state index contributed by atoms with van der Waals surface area (Å²) in [6.07, 6.45) is -0.0101. The molecule has 0 bridgehead atoms. The van der Waals surface area contributed by atoms with Crippen LogP contribution in [-0.2, 0) is 19.7 Å². The molecule has 1 rings (SSSR count). The third-order valence-corrected chi connectivity index (χ3v) is 3.58. The van der Waals surface area contributed by atoms with Gasteiger partial charge in [0.2, 0.25) is 0 Å². The zero-order valence-electron chi connectivity index (χ0n) is 11.5. The molecule has 1 aromatic rings. The van der Waals surface area contributed by atoms with Crippen LogP contribution in [0.3, 0.4) is 0 Å². The van der Waals surface area contributed by atoms with Crippen molar-refractivity contribution in [2.24, 2.45) is 0 Å². The molecule has 20 heavy (non-hydrogen) atoms. The third kappa shape index (κ3) is 3.10. The molecule has 0 amide bonds. The Labute approximate surface area is 126 Å². The van der Waals surface area contributed by atoms with E-state index in [2.05, 4.69) is 22.5 Å². The molecule has 1 unspecified atom stereocenters. The molecule has 0 radical (unpaired) electrons. The number of ether oxygens (including phenoxy) is 1. The van der Waals surface area contributed by atoms with Gasteiger partial charge in [0.05, 0.1) is 6.61 Å². The summed E-state index contributed by atoms with van der Waals surface area (Å²) in [5.41, 5.74) is -0.813. The minimum absolute atomic E-state index is 0.0101. The fourth-order valence-corrected chi connectivity index (χ4v) is 2.69. The van der Waals surface area contributed by atoms with Crippen molar-refractivity contribution in [1.82, 2.24) is 0 Å². The maximum Gasteiger partial charge on any atom is 0.328 e. The minimum Gasteiger partial charge on any atom is -0.480 e. The van der Waals surface area contributed by atoms with Gasteiger partial charge < -0.3 is 9.84 Å². The van der Waals surface area contributed by atoms with Crippen molar-refractivity contribution in [3.8, 4) is 0 Å². The SMILES string of the molecule is C=C(C)CC(C(=O)O)(C(=O)OCC)c1ccccc1Br. The molecule has 0 aliphatic carbocycles. The highest BCUT2D eigenvalue weighted by atomic mass is 79.9. The summed E-state index contributed by atoms with van der Waals surface area (Å²) < 4.78 is 5.55. The number of aliphatic carboxylic acids is 1. The van der Waals surface area contributed by atoms with Gasteiger partial charge in [0.1, 0.15) is 0 Å². The van der Waals surface area contributed by atoms with E-state index in [0.717, 1.165) is 0 Å². The fourth-order valence-electron chi connectivity index (χ4n) is 2.07. The molecular formula is C15H17BrO4. The predicted octanol–water partition coefficient (Wildman–Crippen LogP) is 3.30. The van der Waals surface area contributed by atoms with Crippen molar-refractivity contribution < 1.29 is 19.4 Å². The second-order valence-corrected chi connectivity index (χ2v) is 5.40. The van der Waals surface area contributed by atoms with E-state index >= 15 is 0 Å². The number of halogens is 1. The molecule has 4 nitrogen and oxygen atoms in total. The first-order valence-corrected chi connectivity index (χ1v) is 6.95. The predicted molar refractivity (Wildman–Crippen MR) is 79.5 cm³/mol. The van der Waals surface area contributed by atoms with Crippen LogP contribution in [0.2, 0.25) is 0 Å². The van der Waals surface area contributed by atoms with Crippen LogP contribution in [0.5, 0.6) is 0 Å². The van der Waals surface area contributed by atoms with Gasteiger partial charge in [0.15, 0.2) is 5.41 Å². The number of hydrogen-bond acceptors (Lipinski definition) is 3. The lowest BCUT2D eigenvalue weighted by Gasteiger charge is -2.28. The molecule has 0 saturated heterocycles. The zero-order valence-corrected chi connectivity index (χ0v) is 13.1. The second-order valence-electron chi connectivity index (χ2n) is 4.54. The van der Waals surface area contributed by atoms with Gasteiger partial charge in [0, 0.05) is 4.47 Å². The van der Waals surface area contributed by atoms with Crippen LogP contribution < -0.4 is 0 Å². The van der Waals surface area contributed by atoms with Crippen molar-refractivity contribution in [3.63, 3.8) is 0 Å². The number of carboxylic acids is 1. The Hall–Kier alpha value is -1.62. The number of carbonyl (C=O) groups excluding carboxylic acids is 1. The molecule has 0 fully saturated rings. The lowest BCUT2D eigenvalue weighted by Crippen LogP contribution is -2.45. The van der Waals surface area contributed by atoms with E-state index in [-0.39, 0.29) is 13.0 Å². The molecule has 0 aliphatic heterocycles. The van der Waals surface area contributed by atoms with Crippen molar-refractivity contribution in [3.05, 3.63) is 46.5 Å². The van der Waals surface area contributed by atoms with E-state index in [1.807, 2.05) is 0 Å². The van der Waals surface area contributed by atoms with Crippen LogP contribution in [0.15, 0.2) is 40.9 Å². The average molecular weight is 341 g/mol. The first-order chi connectivity index (χ1) is 9.36. The summed E-state index contributed by atoms with van der Waals surface area (Å²) in [7, 11) is 0. The molecule has 1 aromatic carbocycles. The molecule has 0 aliphatic rings. The summed E-state index contributed by atoms with van der Waals surface area (Å²) >= 11 is 3.31. The van der Waals surface area contributed by atoms with Crippen molar-refractivity contribution >= 4 is 27.9 Å². The van der Waals surface area contributed by atoms with E-state index in [0.29, 0.717) is 15.6 Å². The van der Waals surface area contributed by atoms with Gasteiger partial charge in [-0.05, 0) is 31.9 Å². The summed E-state index contributed by atoms with van der Waals surface area (Å²) in [6, 6.07) is 6.75. The van der Waals surface area contributed by atoms with E-state index < -0.39 is 17.4 Å². The largest absolute Gasteiger partial charge is 0.480 e. The zero-order chi connectivity index (χ0) is 15.3. The number of benzene rings is 1. The van der Waals surface area contributed by atoms with Crippen molar-refractivity contribution in [2.75, 3.05) is 6.61 Å². The molecule has 0 aromatic heterocycles. The maximum absolute atomic E-state index is 12.3. The third-order valence-electron chi connectivity index (χ3n) is 2.89. The topological polar surface area (TPSA) is 63.6 Å². The van der Waals surface area contributed by atoms with E-state index in [4.69, 9.17) is 4.74 Å². The number of allylic oxidation sites excluding steroid dienone is 1. The summed E-state index contributed by atoms with van der Waals surface area (Å²) in [5.74, 6) is -2.02. The maximum atomic E-state index is 12.3. The van der Waals surface area contributed by atoms with Crippen LogP contribution in [0, 0.1) is 0 Å². The van der Waals surface area contributed by atoms with Crippen molar-refractivity contribution in [1.29, 1.82) is 0 Å². The van der Waals surface area contributed by atoms with Gasteiger partial charge in [0.25, 0.3) is 0 Å². The van der Waals surface area contributed by atoms with Crippen LogP contribution in [0.4, 0.5) is 0 Å². The van der Waals surface area contributed by atoms with Gasteiger partial charge in [-0.25, -0.2) is 0 Å². The first-order valence-electron chi connectivity index (χ1n) is 6.16. The Kier molecular flexibility index (Phi) is 5.51. The quantitative estimate of drug-likeness (QED) is 0.490. The van der Waals surface area contributed by atoms with E-state index in [9.17, 15) is 14.7 Å². The number of rotatable bonds is 6. The molecule has 1 N–H and O–H groups in total. The molecule has 1 atom stereocenters. The van der Waals surface area contributed by atoms with Gasteiger partial charge in [-0.15, -0.1) is 6.58 Å². The fraction of sp³-hybridized carbons (Fsp3) is 0.333. The molecule has 0 spiro atoms. The average Bonchev–Trinajstić information content (AvgIpc) is 2.36. The number of esters is 1. The van der Waals surface area contributed by atoms with Crippen LogP contribution in [0.25, 0.3) is 0 Å². The van der Waals surface area contributed by atoms with E-state index in [1.54, 1.807) is 38.1 Å². The van der Waals surface area contributed by atoms with Crippen molar-refractivity contribution in [2.45, 2.75) is 25.7 Å². The van der Waals surface area contributed by atoms with Crippen LogP contribution >= 0.6 is 15.9 Å². The minimum atomic E-state index is -1.78. The first kappa shape index (κ1) is 16.4. The number of carbonyl (C=O) groups is 2. The Balaban J connectivity index is 3.53. The number of carboxylic acid groups (broad SMARTS) is 1. The summed E-state index contributed by atoms with van der Waals surface area (Å²) in [5, 5.41) is 9.68. The van der Waals surface area contributed by atoms with Crippen LogP contribution in [-0.4, -0.2) is 23.7 Å². The molecule has 0 saturated carbocycles. The van der Waals surface area contributed by atoms with Crippen LogP contribution in [0.1, 0.15) is 25.8 Å². The Morgan fingerprint density at radius 3 is 2.45 bits per heavy atom. The van der Waals surface area contributed by atoms with Gasteiger partial charge in [-0.2, -0.15) is 0 Å². The summed E-state index contributed by atoms with van der Waals surface area (Å²) in [6.45, 7) is 7.19. The highest BCUT2D eigenvalue weighted by Gasteiger charge is 2.50. The highest BCUT2D eigenvalue weighted by Crippen LogP contribution is 2.37. The molecular weight excluding hydrogens is 324 g/mol.